The maximum Gasteiger partial charge on any atom is 0.168 e. The number of fused-ring (bicyclic) bond motifs is 1. The molecule has 4 rings (SSSR count). The fraction of sp³-hybridized carbons (Fsp3) is 0.227. The van der Waals surface area contributed by atoms with Crippen molar-refractivity contribution in [2.45, 2.75) is 26.7 Å². The maximum atomic E-state index is 14.2. The molecule has 142 valence electrons. The number of hydrogen-bond donors (Lipinski definition) is 0. The average Bonchev–Trinajstić information content (AvgIpc) is 3.17. The highest BCUT2D eigenvalue weighted by Gasteiger charge is 2.14. The van der Waals surface area contributed by atoms with Gasteiger partial charge in [0.1, 0.15) is 17.9 Å². The van der Waals surface area contributed by atoms with Crippen LogP contribution in [-0.2, 0) is 12.8 Å². The van der Waals surface area contributed by atoms with Crippen molar-refractivity contribution in [2.24, 2.45) is 0 Å². The van der Waals surface area contributed by atoms with Gasteiger partial charge in [0, 0.05) is 34.3 Å². The van der Waals surface area contributed by atoms with Gasteiger partial charge in [0.2, 0.25) is 0 Å². The van der Waals surface area contributed by atoms with E-state index in [2.05, 4.69) is 28.2 Å². The van der Waals surface area contributed by atoms with Gasteiger partial charge in [-0.05, 0) is 62.6 Å². The number of hydrogen-bond acceptors (Lipinski definition) is 4. The predicted molar refractivity (Wildman–Crippen MR) is 106 cm³/mol. The first-order valence-electron chi connectivity index (χ1n) is 9.15. The molecule has 0 radical (unpaired) electrons. The second-order valence-electron chi connectivity index (χ2n) is 6.82. The molecule has 5 nitrogen and oxygen atoms in total. The Labute approximate surface area is 162 Å². The lowest BCUT2D eigenvalue weighted by molar-refractivity contribution is 0.404. The lowest BCUT2D eigenvalue weighted by Crippen LogP contribution is -2.03. The van der Waals surface area contributed by atoms with E-state index in [0.717, 1.165) is 33.7 Å². The molecular formula is C22H21FN4O. The summed E-state index contributed by atoms with van der Waals surface area (Å²) in [5.74, 6) is 0.315. The molecule has 0 amide bonds. The molecule has 0 aliphatic carbocycles. The zero-order valence-corrected chi connectivity index (χ0v) is 16.1. The van der Waals surface area contributed by atoms with Crippen LogP contribution >= 0.6 is 0 Å². The Morgan fingerprint density at radius 3 is 2.71 bits per heavy atom. The van der Waals surface area contributed by atoms with Gasteiger partial charge in [-0.2, -0.15) is 0 Å². The van der Waals surface area contributed by atoms with Crippen LogP contribution in [0.25, 0.3) is 16.8 Å². The molecule has 28 heavy (non-hydrogen) atoms. The first kappa shape index (κ1) is 18.1. The van der Waals surface area contributed by atoms with Crippen molar-refractivity contribution in [3.8, 4) is 16.9 Å². The number of aryl methyl sites for hydroxylation is 3. The van der Waals surface area contributed by atoms with Crippen LogP contribution in [0.5, 0.6) is 5.75 Å². The zero-order valence-electron chi connectivity index (χ0n) is 16.1. The molecule has 0 N–H and O–H groups in total. The van der Waals surface area contributed by atoms with Gasteiger partial charge in [0.05, 0.1) is 7.11 Å². The quantitative estimate of drug-likeness (QED) is 0.520. The summed E-state index contributed by atoms with van der Waals surface area (Å²) < 4.78 is 21.5. The summed E-state index contributed by atoms with van der Waals surface area (Å²) in [5.41, 5.74) is 6.49. The molecule has 0 unspecified atom stereocenters. The smallest absolute Gasteiger partial charge is 0.168 e. The summed E-state index contributed by atoms with van der Waals surface area (Å²) in [6.45, 7) is 4.04. The Kier molecular flexibility index (Phi) is 4.77. The number of rotatable bonds is 5. The number of methoxy groups -OCH3 is 1. The number of nitrogens with zero attached hydrogens (tertiary/aromatic N) is 4. The minimum Gasteiger partial charge on any atom is -0.496 e. The minimum atomic E-state index is -0.252. The third-order valence-electron chi connectivity index (χ3n) is 5.01. The first-order chi connectivity index (χ1) is 13.6. The summed E-state index contributed by atoms with van der Waals surface area (Å²) in [6.07, 6.45) is 4.73. The molecular weight excluding hydrogens is 355 g/mol. The highest BCUT2D eigenvalue weighted by Crippen LogP contribution is 2.28. The van der Waals surface area contributed by atoms with E-state index in [4.69, 9.17) is 4.74 Å². The molecule has 0 aliphatic heterocycles. The summed E-state index contributed by atoms with van der Waals surface area (Å²) >= 11 is 0. The van der Waals surface area contributed by atoms with Gasteiger partial charge in [-0.25, -0.2) is 4.39 Å². The first-order valence-corrected chi connectivity index (χ1v) is 9.15. The fourth-order valence-corrected chi connectivity index (χ4v) is 3.58. The highest BCUT2D eigenvalue weighted by atomic mass is 19.1. The van der Waals surface area contributed by atoms with Gasteiger partial charge < -0.3 is 4.74 Å². The molecule has 0 saturated heterocycles. The van der Waals surface area contributed by atoms with Crippen molar-refractivity contribution >= 4 is 5.65 Å². The third-order valence-corrected chi connectivity index (χ3v) is 5.01. The summed E-state index contributed by atoms with van der Waals surface area (Å²) in [6, 6.07) is 11.0. The van der Waals surface area contributed by atoms with Crippen LogP contribution in [0, 0.1) is 19.7 Å². The zero-order chi connectivity index (χ0) is 19.7. The lowest BCUT2D eigenvalue weighted by Gasteiger charge is -2.12. The van der Waals surface area contributed by atoms with Crippen molar-refractivity contribution in [1.82, 2.24) is 19.6 Å². The summed E-state index contributed by atoms with van der Waals surface area (Å²) in [4.78, 5) is 4.42. The van der Waals surface area contributed by atoms with Crippen molar-refractivity contribution in [1.29, 1.82) is 0 Å². The number of aromatic nitrogens is 4. The van der Waals surface area contributed by atoms with E-state index in [9.17, 15) is 4.39 Å². The van der Waals surface area contributed by atoms with Crippen LogP contribution in [0.1, 0.15) is 22.5 Å². The van der Waals surface area contributed by atoms with Crippen molar-refractivity contribution in [2.75, 3.05) is 7.11 Å². The molecule has 1 aromatic carbocycles. The van der Waals surface area contributed by atoms with Crippen molar-refractivity contribution in [3.63, 3.8) is 0 Å². The number of ether oxygens (including phenoxy) is 1. The average molecular weight is 376 g/mol. The molecule has 0 aliphatic rings. The Hall–Kier alpha value is -3.28. The third kappa shape index (κ3) is 3.22. The van der Waals surface area contributed by atoms with Crippen molar-refractivity contribution < 1.29 is 9.13 Å². The standard InChI is InChI=1S/C22H21FN4O/c1-14-11-15(2)24-12-19(14)17-9-7-16(27-13-25-26-22(17)27)8-10-18-20(23)5-4-6-21(18)28-3/h4-7,9,11-13H,8,10H2,1-3H3. The van der Waals surface area contributed by atoms with Gasteiger partial charge in [0.25, 0.3) is 0 Å². The van der Waals surface area contributed by atoms with E-state index in [-0.39, 0.29) is 5.82 Å². The van der Waals surface area contributed by atoms with E-state index >= 15 is 0 Å². The molecule has 0 saturated carbocycles. The topological polar surface area (TPSA) is 52.3 Å². The maximum absolute atomic E-state index is 14.2. The minimum absolute atomic E-state index is 0.252. The van der Waals surface area contributed by atoms with Gasteiger partial charge in [-0.1, -0.05) is 6.07 Å². The Balaban J connectivity index is 1.70. The molecule has 3 aromatic heterocycles. The van der Waals surface area contributed by atoms with E-state index in [1.807, 2.05) is 29.7 Å². The second-order valence-corrected chi connectivity index (χ2v) is 6.82. The number of halogens is 1. The Morgan fingerprint density at radius 2 is 1.93 bits per heavy atom. The van der Waals surface area contributed by atoms with Gasteiger partial charge in [-0.3, -0.25) is 9.38 Å². The van der Waals surface area contributed by atoms with Crippen LogP contribution < -0.4 is 4.74 Å². The van der Waals surface area contributed by atoms with Crippen LogP contribution in [0.3, 0.4) is 0 Å². The SMILES string of the molecule is COc1cccc(F)c1CCc1ccc(-c2cnc(C)cc2C)c2nncn12. The Morgan fingerprint density at radius 1 is 1.07 bits per heavy atom. The molecule has 0 spiro atoms. The molecule has 0 bridgehead atoms. The molecule has 0 fully saturated rings. The number of benzene rings is 1. The number of pyridine rings is 2. The van der Waals surface area contributed by atoms with E-state index in [1.54, 1.807) is 25.6 Å². The largest absolute Gasteiger partial charge is 0.496 e. The lowest BCUT2D eigenvalue weighted by atomic mass is 10.0. The summed E-state index contributed by atoms with van der Waals surface area (Å²) in [5, 5.41) is 8.41. The van der Waals surface area contributed by atoms with E-state index < -0.39 is 0 Å². The molecule has 6 heteroatoms. The van der Waals surface area contributed by atoms with E-state index in [0.29, 0.717) is 24.2 Å². The Bertz CT molecular complexity index is 1150. The molecule has 4 aromatic rings. The van der Waals surface area contributed by atoms with Crippen LogP contribution in [0.15, 0.2) is 48.9 Å². The van der Waals surface area contributed by atoms with Crippen LogP contribution in [0.2, 0.25) is 0 Å². The van der Waals surface area contributed by atoms with E-state index in [1.165, 1.54) is 6.07 Å². The second kappa shape index (κ2) is 7.38. The highest BCUT2D eigenvalue weighted by molar-refractivity contribution is 5.79. The van der Waals surface area contributed by atoms with Gasteiger partial charge >= 0.3 is 0 Å². The van der Waals surface area contributed by atoms with Crippen molar-refractivity contribution in [3.05, 3.63) is 77.3 Å². The van der Waals surface area contributed by atoms with Gasteiger partial charge in [-0.15, -0.1) is 10.2 Å². The van der Waals surface area contributed by atoms with Gasteiger partial charge in [0.15, 0.2) is 5.65 Å². The molecule has 0 atom stereocenters. The van der Waals surface area contributed by atoms with Crippen LogP contribution in [-0.4, -0.2) is 26.7 Å². The molecule has 3 heterocycles. The summed E-state index contributed by atoms with van der Waals surface area (Å²) in [7, 11) is 1.56. The normalized spacial score (nSPS) is 11.1. The monoisotopic (exact) mass is 376 g/mol. The predicted octanol–water partition coefficient (Wildman–Crippen LogP) is 4.34. The fourth-order valence-electron chi connectivity index (χ4n) is 3.58. The van der Waals surface area contributed by atoms with Crippen LogP contribution in [0.4, 0.5) is 4.39 Å².